The molecule has 1 atom stereocenters. The average Bonchev–Trinajstić information content (AvgIpc) is 2.39. The molecule has 0 saturated heterocycles. The summed E-state index contributed by atoms with van der Waals surface area (Å²) >= 11 is 0. The zero-order valence-corrected chi connectivity index (χ0v) is 10.6. The molecule has 5 nitrogen and oxygen atoms in total. The van der Waals surface area contributed by atoms with E-state index in [1.807, 2.05) is 37.3 Å². The van der Waals surface area contributed by atoms with Crippen LogP contribution < -0.4 is 11.3 Å². The van der Waals surface area contributed by atoms with Gasteiger partial charge in [-0.25, -0.2) is 0 Å². The maximum atomic E-state index is 11.9. The van der Waals surface area contributed by atoms with Gasteiger partial charge in [-0.15, -0.1) is 0 Å². The van der Waals surface area contributed by atoms with Gasteiger partial charge in [-0.3, -0.25) is 14.6 Å². The lowest BCUT2D eigenvalue weighted by molar-refractivity contribution is 0.0995. The van der Waals surface area contributed by atoms with Crippen LogP contribution in [0.4, 0.5) is 0 Å². The number of nitrogens with one attached hydrogen (secondary N) is 1. The highest BCUT2D eigenvalue weighted by Gasteiger charge is 2.14. The normalized spacial score (nSPS) is 12.1. The van der Waals surface area contributed by atoms with Gasteiger partial charge >= 0.3 is 0 Å². The van der Waals surface area contributed by atoms with Crippen molar-refractivity contribution in [3.05, 3.63) is 63.8 Å². The Morgan fingerprint density at radius 1 is 1.37 bits per heavy atom. The van der Waals surface area contributed by atoms with Crippen molar-refractivity contribution in [1.29, 1.82) is 0 Å². The summed E-state index contributed by atoms with van der Waals surface area (Å²) in [7, 11) is 0. The Morgan fingerprint density at radius 3 is 2.63 bits per heavy atom. The van der Waals surface area contributed by atoms with E-state index in [1.165, 1.54) is 6.20 Å². The third-order valence-corrected chi connectivity index (χ3v) is 2.93. The summed E-state index contributed by atoms with van der Waals surface area (Å²) in [6, 6.07) is 9.86. The first-order valence-corrected chi connectivity index (χ1v) is 6.01. The number of benzene rings is 1. The molecular weight excluding hydrogens is 242 g/mol. The number of H-pyrrole nitrogens is 1. The third kappa shape index (κ3) is 3.07. The second kappa shape index (κ2) is 5.48. The van der Waals surface area contributed by atoms with E-state index in [2.05, 4.69) is 9.97 Å². The highest BCUT2D eigenvalue weighted by atomic mass is 16.1. The summed E-state index contributed by atoms with van der Waals surface area (Å²) in [6.07, 6.45) is 2.02. The summed E-state index contributed by atoms with van der Waals surface area (Å²) < 4.78 is 0. The molecule has 0 spiro atoms. The van der Waals surface area contributed by atoms with Crippen LogP contribution in [0.1, 0.15) is 34.6 Å². The van der Waals surface area contributed by atoms with E-state index in [0.29, 0.717) is 12.1 Å². The van der Waals surface area contributed by atoms with E-state index >= 15 is 0 Å². The van der Waals surface area contributed by atoms with Crippen LogP contribution in [0.2, 0.25) is 0 Å². The maximum Gasteiger partial charge on any atom is 0.270 e. The summed E-state index contributed by atoms with van der Waals surface area (Å²) in [4.78, 5) is 29.3. The van der Waals surface area contributed by atoms with E-state index in [4.69, 9.17) is 5.73 Å². The van der Waals surface area contributed by atoms with Crippen molar-refractivity contribution >= 4 is 5.91 Å². The zero-order valence-electron chi connectivity index (χ0n) is 10.6. The van der Waals surface area contributed by atoms with Crippen LogP contribution in [0, 0.1) is 0 Å². The van der Waals surface area contributed by atoms with Crippen molar-refractivity contribution in [2.45, 2.75) is 19.3 Å². The molecule has 0 saturated carbocycles. The molecule has 0 fully saturated rings. The van der Waals surface area contributed by atoms with Gasteiger partial charge in [-0.1, -0.05) is 37.3 Å². The predicted octanol–water partition coefficient (Wildman–Crippen LogP) is 1.21. The highest BCUT2D eigenvalue weighted by Crippen LogP contribution is 2.15. The SMILES string of the molecule is CC(Cc1ccccc1)c1ncc(C(N)=O)[nH]c1=O. The average molecular weight is 257 g/mol. The molecule has 0 radical (unpaired) electrons. The predicted molar refractivity (Wildman–Crippen MR) is 71.9 cm³/mol. The van der Waals surface area contributed by atoms with Crippen LogP contribution in [0.5, 0.6) is 0 Å². The minimum Gasteiger partial charge on any atom is -0.364 e. The largest absolute Gasteiger partial charge is 0.364 e. The van der Waals surface area contributed by atoms with E-state index in [0.717, 1.165) is 5.56 Å². The van der Waals surface area contributed by atoms with E-state index in [9.17, 15) is 9.59 Å². The molecule has 1 amide bonds. The Hall–Kier alpha value is -2.43. The number of aromatic amines is 1. The number of carbonyl (C=O) groups excluding carboxylic acids is 1. The number of aromatic nitrogens is 2. The first-order valence-electron chi connectivity index (χ1n) is 6.01. The van der Waals surface area contributed by atoms with Crippen molar-refractivity contribution in [1.82, 2.24) is 9.97 Å². The molecule has 0 bridgehead atoms. The Balaban J connectivity index is 2.22. The Morgan fingerprint density at radius 2 is 2.05 bits per heavy atom. The molecule has 1 aromatic carbocycles. The molecule has 19 heavy (non-hydrogen) atoms. The van der Waals surface area contributed by atoms with Crippen LogP contribution in [-0.2, 0) is 6.42 Å². The van der Waals surface area contributed by atoms with Crippen molar-refractivity contribution in [2.24, 2.45) is 5.73 Å². The van der Waals surface area contributed by atoms with Crippen molar-refractivity contribution in [2.75, 3.05) is 0 Å². The number of nitrogens with two attached hydrogens (primary N) is 1. The molecule has 1 unspecified atom stereocenters. The molecule has 2 rings (SSSR count). The number of nitrogens with zero attached hydrogens (tertiary/aromatic N) is 1. The smallest absolute Gasteiger partial charge is 0.270 e. The van der Waals surface area contributed by atoms with Crippen LogP contribution in [-0.4, -0.2) is 15.9 Å². The van der Waals surface area contributed by atoms with Gasteiger partial charge in [0.2, 0.25) is 0 Å². The van der Waals surface area contributed by atoms with Crippen LogP contribution in [0.3, 0.4) is 0 Å². The van der Waals surface area contributed by atoms with Gasteiger partial charge in [0, 0.05) is 5.92 Å². The minimum absolute atomic E-state index is 0.0284. The van der Waals surface area contributed by atoms with Gasteiger partial charge in [-0.2, -0.15) is 0 Å². The molecular formula is C14H15N3O2. The molecule has 3 N–H and O–H groups in total. The Kier molecular flexibility index (Phi) is 3.75. The molecule has 1 aromatic heterocycles. The zero-order chi connectivity index (χ0) is 13.8. The van der Waals surface area contributed by atoms with Gasteiger partial charge in [0.1, 0.15) is 11.4 Å². The first-order chi connectivity index (χ1) is 9.08. The summed E-state index contributed by atoms with van der Waals surface area (Å²) in [6.45, 7) is 1.93. The number of carbonyl (C=O) groups is 1. The van der Waals surface area contributed by atoms with Crippen LogP contribution in [0.15, 0.2) is 41.3 Å². The number of rotatable bonds is 4. The number of hydrogen-bond acceptors (Lipinski definition) is 3. The maximum absolute atomic E-state index is 11.9. The molecule has 0 aliphatic carbocycles. The van der Waals surface area contributed by atoms with Gasteiger partial charge < -0.3 is 10.7 Å². The standard InChI is InChI=1S/C14H15N3O2/c1-9(7-10-5-3-2-4-6-10)12-14(19)17-11(8-16-12)13(15)18/h2-6,8-9H,7H2,1H3,(H2,15,18)(H,17,19). The lowest BCUT2D eigenvalue weighted by Gasteiger charge is -2.10. The third-order valence-electron chi connectivity index (χ3n) is 2.93. The monoisotopic (exact) mass is 257 g/mol. The van der Waals surface area contributed by atoms with Gasteiger partial charge in [0.15, 0.2) is 0 Å². The lowest BCUT2D eigenvalue weighted by Crippen LogP contribution is -2.24. The summed E-state index contributed by atoms with van der Waals surface area (Å²) in [5.74, 6) is -0.722. The van der Waals surface area contributed by atoms with E-state index < -0.39 is 5.91 Å². The highest BCUT2D eigenvalue weighted by molar-refractivity contribution is 5.90. The summed E-state index contributed by atoms with van der Waals surface area (Å²) in [5.41, 5.74) is 6.30. The fourth-order valence-electron chi connectivity index (χ4n) is 1.95. The van der Waals surface area contributed by atoms with Crippen LogP contribution in [0.25, 0.3) is 0 Å². The van der Waals surface area contributed by atoms with E-state index in [1.54, 1.807) is 0 Å². The second-order valence-corrected chi connectivity index (χ2v) is 4.47. The first kappa shape index (κ1) is 13.0. The van der Waals surface area contributed by atoms with Gasteiger partial charge in [0.05, 0.1) is 6.20 Å². The van der Waals surface area contributed by atoms with Gasteiger partial charge in [0.25, 0.3) is 11.5 Å². The van der Waals surface area contributed by atoms with Gasteiger partial charge in [-0.05, 0) is 12.0 Å². The van der Waals surface area contributed by atoms with Crippen LogP contribution >= 0.6 is 0 Å². The number of primary amides is 1. The van der Waals surface area contributed by atoms with E-state index in [-0.39, 0.29) is 17.2 Å². The fourth-order valence-corrected chi connectivity index (χ4v) is 1.95. The van der Waals surface area contributed by atoms with Crippen molar-refractivity contribution in [3.8, 4) is 0 Å². The number of amides is 1. The summed E-state index contributed by atoms with van der Waals surface area (Å²) in [5, 5.41) is 0. The number of hydrogen-bond donors (Lipinski definition) is 2. The molecule has 1 heterocycles. The minimum atomic E-state index is -0.688. The quantitative estimate of drug-likeness (QED) is 0.862. The molecule has 98 valence electrons. The molecule has 5 heteroatoms. The molecule has 0 aliphatic rings. The van der Waals surface area contributed by atoms with Crippen molar-refractivity contribution in [3.63, 3.8) is 0 Å². The fraction of sp³-hybridized carbons (Fsp3) is 0.214. The molecule has 2 aromatic rings. The second-order valence-electron chi connectivity index (χ2n) is 4.47. The Labute approximate surface area is 110 Å². The van der Waals surface area contributed by atoms with Crippen molar-refractivity contribution < 1.29 is 4.79 Å². The molecule has 0 aliphatic heterocycles. The Bertz CT molecular complexity index is 635. The topological polar surface area (TPSA) is 88.8 Å². The lowest BCUT2D eigenvalue weighted by atomic mass is 9.98.